The first-order valence-electron chi connectivity index (χ1n) is 10.2. The second-order valence-electron chi connectivity index (χ2n) is 8.15. The first-order chi connectivity index (χ1) is 14.9. The molecule has 2 atom stereocenters. The second kappa shape index (κ2) is 7.78. The maximum absolute atomic E-state index is 13.8. The van der Waals surface area contributed by atoms with E-state index in [1.54, 1.807) is 4.90 Å². The van der Waals surface area contributed by atoms with Crippen LogP contribution in [0.3, 0.4) is 0 Å². The maximum atomic E-state index is 13.8. The topological polar surface area (TPSA) is 101 Å². The van der Waals surface area contributed by atoms with Crippen LogP contribution >= 0.6 is 0 Å². The van der Waals surface area contributed by atoms with E-state index in [4.69, 9.17) is 10.2 Å². The molecule has 32 heavy (non-hydrogen) atoms. The fourth-order valence-electron chi connectivity index (χ4n) is 4.33. The van der Waals surface area contributed by atoms with Crippen molar-refractivity contribution in [2.45, 2.75) is 68.9 Å². The van der Waals surface area contributed by atoms with Gasteiger partial charge in [-0.25, -0.2) is 4.98 Å². The fraction of sp³-hybridized carbons (Fsp3) is 0.632. The van der Waals surface area contributed by atoms with Crippen LogP contribution in [0, 0.1) is 0 Å². The molecule has 0 spiro atoms. The maximum Gasteiger partial charge on any atom is 0.426 e. The lowest BCUT2D eigenvalue weighted by molar-refractivity contribution is -0.277. The molecule has 3 N–H and O–H groups in total. The molecule has 2 unspecified atom stereocenters. The third-order valence-electron chi connectivity index (χ3n) is 6.01. The van der Waals surface area contributed by atoms with Gasteiger partial charge >= 0.3 is 12.4 Å². The summed E-state index contributed by atoms with van der Waals surface area (Å²) in [5.41, 5.74) is 0.505. The number of aliphatic hydroxyl groups is 1. The van der Waals surface area contributed by atoms with Gasteiger partial charge in [-0.1, -0.05) is 12.8 Å². The van der Waals surface area contributed by atoms with Crippen LogP contribution in [-0.4, -0.2) is 39.1 Å². The number of alkyl halides is 6. The molecule has 4 bridgehead atoms. The highest BCUT2D eigenvalue weighted by Gasteiger charge is 2.58. The first-order valence-corrected chi connectivity index (χ1v) is 10.2. The largest absolute Gasteiger partial charge is 0.426 e. The number of hydrogen-bond acceptors (Lipinski definition) is 7. The molecule has 0 amide bonds. The SMILES string of the molecule is Nc1cc(C(F)(F)F)c2nc1-c1nnc(o1)C(O)(C(F)(F)F)CCCCCC1CCCN21. The molecule has 1 saturated heterocycles. The summed E-state index contributed by atoms with van der Waals surface area (Å²) in [6, 6.07) is 0.432. The fourth-order valence-corrected chi connectivity index (χ4v) is 4.33. The molecule has 4 heterocycles. The Labute approximate surface area is 178 Å². The number of fused-ring (bicyclic) bond motifs is 7. The average Bonchev–Trinajstić information content (AvgIpc) is 3.35. The molecular weight excluding hydrogens is 444 g/mol. The van der Waals surface area contributed by atoms with E-state index in [0.29, 0.717) is 44.7 Å². The minimum absolute atomic E-state index is 0.0138. The number of aromatic nitrogens is 3. The lowest BCUT2D eigenvalue weighted by Gasteiger charge is -2.29. The van der Waals surface area contributed by atoms with Crippen molar-refractivity contribution >= 4 is 11.5 Å². The molecular formula is C19H21F6N5O2. The Morgan fingerprint density at radius 1 is 1.06 bits per heavy atom. The standard InChI is InChI=1S/C19H21F6N5O2/c20-18(21,22)11-9-12(26)13-15-28-29-16(32-15)17(31,19(23,24)25)7-3-1-2-5-10-6-4-8-30(10)14(11)27-13/h9-10,31H,1-8,26H2. The van der Waals surface area contributed by atoms with Crippen molar-refractivity contribution < 1.29 is 35.9 Å². The second-order valence-corrected chi connectivity index (χ2v) is 8.15. The van der Waals surface area contributed by atoms with Crippen molar-refractivity contribution in [3.05, 3.63) is 17.5 Å². The van der Waals surface area contributed by atoms with Crippen LogP contribution in [0.25, 0.3) is 11.6 Å². The van der Waals surface area contributed by atoms with E-state index < -0.39 is 47.4 Å². The van der Waals surface area contributed by atoms with Gasteiger partial charge in [-0.15, -0.1) is 10.2 Å². The van der Waals surface area contributed by atoms with Gasteiger partial charge in [0.1, 0.15) is 11.4 Å². The van der Waals surface area contributed by atoms with E-state index in [9.17, 15) is 31.4 Å². The number of hydrogen-bond donors (Lipinski definition) is 2. The molecule has 0 saturated carbocycles. The number of nitrogens with zero attached hydrogens (tertiary/aromatic N) is 4. The summed E-state index contributed by atoms with van der Waals surface area (Å²) >= 11 is 0. The van der Waals surface area contributed by atoms with E-state index in [-0.39, 0.29) is 24.0 Å². The molecule has 4 rings (SSSR count). The Morgan fingerprint density at radius 3 is 2.47 bits per heavy atom. The summed E-state index contributed by atoms with van der Waals surface area (Å²) < 4.78 is 87.4. The zero-order valence-corrected chi connectivity index (χ0v) is 16.8. The number of nitrogen functional groups attached to an aromatic ring is 1. The van der Waals surface area contributed by atoms with Crippen molar-refractivity contribution in [3.8, 4) is 11.6 Å². The zero-order chi connectivity index (χ0) is 23.3. The Morgan fingerprint density at radius 2 is 1.78 bits per heavy atom. The summed E-state index contributed by atoms with van der Waals surface area (Å²) in [4.78, 5) is 5.62. The molecule has 1 fully saturated rings. The van der Waals surface area contributed by atoms with E-state index in [0.717, 1.165) is 0 Å². The van der Waals surface area contributed by atoms with Crippen molar-refractivity contribution in [2.75, 3.05) is 17.2 Å². The number of pyridine rings is 1. The quantitative estimate of drug-likeness (QED) is 0.556. The summed E-state index contributed by atoms with van der Waals surface area (Å²) in [7, 11) is 0. The smallest absolute Gasteiger partial charge is 0.416 e. The normalized spacial score (nSPS) is 24.8. The third kappa shape index (κ3) is 3.86. The van der Waals surface area contributed by atoms with E-state index in [1.165, 1.54) is 0 Å². The number of halogens is 6. The van der Waals surface area contributed by atoms with Crippen LogP contribution < -0.4 is 10.6 Å². The van der Waals surface area contributed by atoms with Gasteiger partial charge < -0.3 is 20.2 Å². The number of anilines is 2. The highest BCUT2D eigenvalue weighted by Crippen LogP contribution is 2.45. The van der Waals surface area contributed by atoms with Crippen molar-refractivity contribution in [1.82, 2.24) is 15.2 Å². The Balaban J connectivity index is 1.90. The van der Waals surface area contributed by atoms with E-state index in [2.05, 4.69) is 15.2 Å². The third-order valence-corrected chi connectivity index (χ3v) is 6.01. The van der Waals surface area contributed by atoms with Gasteiger partial charge in [-0.3, -0.25) is 0 Å². The van der Waals surface area contributed by atoms with Crippen LogP contribution in [0.5, 0.6) is 0 Å². The van der Waals surface area contributed by atoms with Gasteiger partial charge in [-0.2, -0.15) is 26.3 Å². The highest BCUT2D eigenvalue weighted by atomic mass is 19.4. The molecule has 7 nitrogen and oxygen atoms in total. The van der Waals surface area contributed by atoms with Crippen LogP contribution in [0.4, 0.5) is 37.8 Å². The highest BCUT2D eigenvalue weighted by molar-refractivity contribution is 5.71. The molecule has 13 heteroatoms. The molecule has 2 aliphatic heterocycles. The molecule has 0 aliphatic carbocycles. The average molecular weight is 465 g/mol. The predicted molar refractivity (Wildman–Crippen MR) is 100 cm³/mol. The summed E-state index contributed by atoms with van der Waals surface area (Å²) in [5, 5.41) is 17.2. The van der Waals surface area contributed by atoms with Crippen molar-refractivity contribution in [2.24, 2.45) is 0 Å². The lowest BCUT2D eigenvalue weighted by Crippen LogP contribution is -2.42. The monoisotopic (exact) mass is 465 g/mol. The molecule has 2 aromatic rings. The van der Waals surface area contributed by atoms with E-state index in [1.807, 2.05) is 0 Å². The van der Waals surface area contributed by atoms with Crippen molar-refractivity contribution in [1.29, 1.82) is 0 Å². The van der Waals surface area contributed by atoms with Gasteiger partial charge in [0.2, 0.25) is 5.60 Å². The Kier molecular flexibility index (Phi) is 5.50. The Bertz CT molecular complexity index is 992. The number of nitrogens with two attached hydrogens (primary N) is 1. The number of rotatable bonds is 0. The summed E-state index contributed by atoms with van der Waals surface area (Å²) in [6.07, 6.45) is -7.92. The van der Waals surface area contributed by atoms with Crippen LogP contribution in [-0.2, 0) is 11.8 Å². The Hall–Kier alpha value is -2.57. The minimum atomic E-state index is -5.10. The molecule has 2 aromatic heterocycles. The predicted octanol–water partition coefficient (Wildman–Crippen LogP) is 4.42. The van der Waals surface area contributed by atoms with E-state index >= 15 is 0 Å². The molecule has 0 aromatic carbocycles. The molecule has 176 valence electrons. The van der Waals surface area contributed by atoms with Gasteiger partial charge in [0.05, 0.1) is 5.69 Å². The molecule has 2 aliphatic rings. The van der Waals surface area contributed by atoms with Crippen LogP contribution in [0.1, 0.15) is 56.4 Å². The van der Waals surface area contributed by atoms with Gasteiger partial charge in [0.25, 0.3) is 11.8 Å². The van der Waals surface area contributed by atoms with Crippen LogP contribution in [0.15, 0.2) is 10.5 Å². The summed E-state index contributed by atoms with van der Waals surface area (Å²) in [5.74, 6) is -2.06. The van der Waals surface area contributed by atoms with Crippen molar-refractivity contribution in [3.63, 3.8) is 0 Å². The van der Waals surface area contributed by atoms with Gasteiger partial charge in [-0.05, 0) is 38.2 Å². The van der Waals surface area contributed by atoms with Gasteiger partial charge in [0.15, 0.2) is 5.69 Å². The first kappa shape index (κ1) is 22.6. The van der Waals surface area contributed by atoms with Gasteiger partial charge in [0, 0.05) is 12.6 Å². The summed E-state index contributed by atoms with van der Waals surface area (Å²) in [6.45, 7) is 0.354. The zero-order valence-electron chi connectivity index (χ0n) is 16.8. The molecule has 0 radical (unpaired) electrons. The van der Waals surface area contributed by atoms with Crippen LogP contribution in [0.2, 0.25) is 0 Å². The minimum Gasteiger partial charge on any atom is -0.416 e. The lowest BCUT2D eigenvalue weighted by atomic mass is 9.94.